The van der Waals surface area contributed by atoms with Gasteiger partial charge in [0.25, 0.3) is 5.91 Å². The lowest BCUT2D eigenvalue weighted by molar-refractivity contribution is -0.118. The van der Waals surface area contributed by atoms with Crippen LogP contribution < -0.4 is 15.4 Å². The highest BCUT2D eigenvalue weighted by Crippen LogP contribution is 2.27. The van der Waals surface area contributed by atoms with Gasteiger partial charge >= 0.3 is 0 Å². The number of aromatic nitrogens is 1. The Hall–Kier alpha value is -3.41. The Morgan fingerprint density at radius 3 is 2.96 bits per heavy atom. The third-order valence-corrected chi connectivity index (χ3v) is 4.25. The zero-order chi connectivity index (χ0) is 17.9. The molecular weight excluding hydrogens is 330 g/mol. The molecular formula is C20H17N3O3. The molecule has 0 saturated carbocycles. The number of hydrogen-bond donors (Lipinski definition) is 2. The molecule has 1 aromatic heterocycles. The second kappa shape index (κ2) is 6.84. The van der Waals surface area contributed by atoms with Crippen molar-refractivity contribution in [1.82, 2.24) is 4.98 Å². The quantitative estimate of drug-likeness (QED) is 0.760. The molecule has 0 fully saturated rings. The summed E-state index contributed by atoms with van der Waals surface area (Å²) in [5, 5.41) is 6.62. The number of rotatable bonds is 4. The maximum absolute atomic E-state index is 12.2. The minimum absolute atomic E-state index is 0.0224. The monoisotopic (exact) mass is 347 g/mol. The molecule has 0 bridgehead atoms. The number of amides is 2. The van der Waals surface area contributed by atoms with Crippen LogP contribution in [0.1, 0.15) is 12.0 Å². The number of aryl methyl sites for hydroxylation is 1. The highest BCUT2D eigenvalue weighted by Gasteiger charge is 2.15. The number of nitrogens with one attached hydrogen (secondary N) is 2. The van der Waals surface area contributed by atoms with E-state index in [0.717, 1.165) is 22.2 Å². The largest absolute Gasteiger partial charge is 0.484 e. The van der Waals surface area contributed by atoms with Gasteiger partial charge in [-0.3, -0.25) is 14.6 Å². The minimum Gasteiger partial charge on any atom is -0.484 e. The zero-order valence-corrected chi connectivity index (χ0v) is 14.0. The molecule has 3 aromatic rings. The van der Waals surface area contributed by atoms with Crippen LogP contribution in [0.3, 0.4) is 0 Å². The average Bonchev–Trinajstić information content (AvgIpc) is 2.66. The molecule has 1 aliphatic rings. The Balaban J connectivity index is 1.42. The number of pyridine rings is 1. The topological polar surface area (TPSA) is 80.3 Å². The summed E-state index contributed by atoms with van der Waals surface area (Å²) < 4.78 is 5.60. The highest BCUT2D eigenvalue weighted by molar-refractivity contribution is 6.00. The maximum Gasteiger partial charge on any atom is 0.262 e. The number of fused-ring (bicyclic) bond motifs is 2. The summed E-state index contributed by atoms with van der Waals surface area (Å²) in [7, 11) is 0. The number of para-hydroxylation sites is 1. The number of anilines is 2. The molecule has 0 aliphatic carbocycles. The van der Waals surface area contributed by atoms with Crippen molar-refractivity contribution in [3.05, 3.63) is 60.3 Å². The van der Waals surface area contributed by atoms with Crippen LogP contribution >= 0.6 is 0 Å². The van der Waals surface area contributed by atoms with Gasteiger partial charge in [-0.1, -0.05) is 18.2 Å². The summed E-state index contributed by atoms with van der Waals surface area (Å²) in [6.45, 7) is -0.103. The van der Waals surface area contributed by atoms with Gasteiger partial charge in [-0.05, 0) is 42.3 Å². The first-order valence-electron chi connectivity index (χ1n) is 8.38. The van der Waals surface area contributed by atoms with E-state index in [1.165, 1.54) is 0 Å². The van der Waals surface area contributed by atoms with E-state index in [4.69, 9.17) is 4.74 Å². The van der Waals surface area contributed by atoms with Gasteiger partial charge in [0.2, 0.25) is 5.91 Å². The zero-order valence-electron chi connectivity index (χ0n) is 14.0. The molecule has 6 nitrogen and oxygen atoms in total. The van der Waals surface area contributed by atoms with Crippen molar-refractivity contribution in [1.29, 1.82) is 0 Å². The van der Waals surface area contributed by atoms with E-state index in [1.54, 1.807) is 18.3 Å². The van der Waals surface area contributed by atoms with E-state index in [-0.39, 0.29) is 18.4 Å². The molecule has 2 heterocycles. The van der Waals surface area contributed by atoms with E-state index in [0.29, 0.717) is 24.3 Å². The molecule has 0 radical (unpaired) electrons. The normalized spacial score (nSPS) is 13.0. The lowest BCUT2D eigenvalue weighted by Gasteiger charge is -2.17. The van der Waals surface area contributed by atoms with E-state index in [9.17, 15) is 9.59 Å². The fourth-order valence-corrected chi connectivity index (χ4v) is 2.99. The minimum atomic E-state index is -0.255. The lowest BCUT2D eigenvalue weighted by atomic mass is 10.0. The van der Waals surface area contributed by atoms with Gasteiger partial charge in [-0.2, -0.15) is 0 Å². The van der Waals surface area contributed by atoms with Crippen molar-refractivity contribution >= 4 is 34.1 Å². The first-order valence-corrected chi connectivity index (χ1v) is 8.38. The molecule has 0 saturated heterocycles. The molecule has 6 heteroatoms. The van der Waals surface area contributed by atoms with Crippen molar-refractivity contribution < 1.29 is 14.3 Å². The van der Waals surface area contributed by atoms with Gasteiger partial charge in [-0.25, -0.2) is 0 Å². The number of hydrogen-bond acceptors (Lipinski definition) is 4. The van der Waals surface area contributed by atoms with E-state index in [1.807, 2.05) is 36.4 Å². The van der Waals surface area contributed by atoms with Crippen LogP contribution in [0.4, 0.5) is 11.4 Å². The summed E-state index contributed by atoms with van der Waals surface area (Å²) in [6, 6.07) is 14.8. The Morgan fingerprint density at radius 1 is 1.15 bits per heavy atom. The summed E-state index contributed by atoms with van der Waals surface area (Å²) in [6.07, 6.45) is 2.83. The molecule has 2 amide bonds. The van der Waals surface area contributed by atoms with Crippen LogP contribution in [0.15, 0.2) is 54.7 Å². The van der Waals surface area contributed by atoms with Crippen molar-refractivity contribution in [2.75, 3.05) is 17.2 Å². The summed E-state index contributed by atoms with van der Waals surface area (Å²) in [5.41, 5.74) is 3.22. The van der Waals surface area contributed by atoms with Gasteiger partial charge in [0.05, 0.1) is 11.2 Å². The van der Waals surface area contributed by atoms with Crippen LogP contribution in [0.5, 0.6) is 5.75 Å². The maximum atomic E-state index is 12.2. The van der Waals surface area contributed by atoms with E-state index < -0.39 is 0 Å². The van der Waals surface area contributed by atoms with Gasteiger partial charge in [0.1, 0.15) is 5.75 Å². The Morgan fingerprint density at radius 2 is 2.04 bits per heavy atom. The SMILES string of the molecule is O=C1CCc2cc(OCC(=O)Nc3cccc4cccnc34)ccc2N1. The predicted molar refractivity (Wildman–Crippen MR) is 99.3 cm³/mol. The van der Waals surface area contributed by atoms with E-state index in [2.05, 4.69) is 15.6 Å². The van der Waals surface area contributed by atoms with Crippen LogP contribution in [0, 0.1) is 0 Å². The molecule has 1 aliphatic heterocycles. The number of ether oxygens (including phenoxy) is 1. The fourth-order valence-electron chi connectivity index (χ4n) is 2.99. The highest BCUT2D eigenvalue weighted by atomic mass is 16.5. The van der Waals surface area contributed by atoms with Crippen LogP contribution in [0.25, 0.3) is 10.9 Å². The molecule has 0 unspecified atom stereocenters. The predicted octanol–water partition coefficient (Wildman–Crippen LogP) is 3.14. The van der Waals surface area contributed by atoms with Crippen LogP contribution in [0.2, 0.25) is 0 Å². The second-order valence-electron chi connectivity index (χ2n) is 6.08. The van der Waals surface area contributed by atoms with Crippen molar-refractivity contribution in [2.45, 2.75) is 12.8 Å². The fraction of sp³-hybridized carbons (Fsp3) is 0.150. The third-order valence-electron chi connectivity index (χ3n) is 4.25. The second-order valence-corrected chi connectivity index (χ2v) is 6.08. The molecule has 0 spiro atoms. The van der Waals surface area contributed by atoms with E-state index >= 15 is 0 Å². The molecule has 130 valence electrons. The number of carbonyl (C=O) groups excluding carboxylic acids is 2. The summed E-state index contributed by atoms with van der Waals surface area (Å²) >= 11 is 0. The van der Waals surface area contributed by atoms with Gasteiger partial charge in [-0.15, -0.1) is 0 Å². The molecule has 4 rings (SSSR count). The molecule has 26 heavy (non-hydrogen) atoms. The summed E-state index contributed by atoms with van der Waals surface area (Å²) in [5.74, 6) is 0.370. The number of carbonyl (C=O) groups is 2. The van der Waals surface area contributed by atoms with Crippen LogP contribution in [-0.2, 0) is 16.0 Å². The molecule has 0 atom stereocenters. The Kier molecular flexibility index (Phi) is 4.23. The third kappa shape index (κ3) is 3.35. The first kappa shape index (κ1) is 16.1. The standard InChI is InChI=1S/C20H17N3O3/c24-18-9-6-14-11-15(7-8-16(14)22-18)26-12-19(25)23-17-5-1-3-13-4-2-10-21-20(13)17/h1-5,7-8,10-11H,6,9,12H2,(H,22,24)(H,23,25). The van der Waals surface area contributed by atoms with Crippen molar-refractivity contribution in [3.8, 4) is 5.75 Å². The van der Waals surface area contributed by atoms with Crippen molar-refractivity contribution in [3.63, 3.8) is 0 Å². The first-order chi connectivity index (χ1) is 12.7. The van der Waals surface area contributed by atoms with Crippen molar-refractivity contribution in [2.24, 2.45) is 0 Å². The van der Waals surface area contributed by atoms with Gasteiger partial charge in [0, 0.05) is 23.7 Å². The Bertz CT molecular complexity index is 995. The molecule has 2 aromatic carbocycles. The van der Waals surface area contributed by atoms with Gasteiger partial charge in [0.15, 0.2) is 6.61 Å². The number of nitrogens with zero attached hydrogens (tertiary/aromatic N) is 1. The summed E-state index contributed by atoms with van der Waals surface area (Å²) in [4.78, 5) is 27.9. The molecule has 2 N–H and O–H groups in total. The van der Waals surface area contributed by atoms with Crippen LogP contribution in [-0.4, -0.2) is 23.4 Å². The Labute approximate surface area is 150 Å². The van der Waals surface area contributed by atoms with Gasteiger partial charge < -0.3 is 15.4 Å². The average molecular weight is 347 g/mol. The lowest BCUT2D eigenvalue weighted by Crippen LogP contribution is -2.21. The number of benzene rings is 2. The smallest absolute Gasteiger partial charge is 0.262 e.